The molecule has 2 aliphatic rings. The van der Waals surface area contributed by atoms with E-state index in [4.69, 9.17) is 4.74 Å². The van der Waals surface area contributed by atoms with Crippen LogP contribution in [0.15, 0.2) is 6.33 Å². The Bertz CT molecular complexity index is 427. The lowest BCUT2D eigenvalue weighted by Gasteiger charge is -2.37. The molecular formula is C13H18BrN3O. The Morgan fingerprint density at radius 3 is 3.11 bits per heavy atom. The van der Waals surface area contributed by atoms with E-state index in [0.717, 1.165) is 43.7 Å². The van der Waals surface area contributed by atoms with Gasteiger partial charge >= 0.3 is 0 Å². The van der Waals surface area contributed by atoms with E-state index in [-0.39, 0.29) is 0 Å². The van der Waals surface area contributed by atoms with Gasteiger partial charge in [-0.25, -0.2) is 9.97 Å². The molecule has 5 heteroatoms. The predicted molar refractivity (Wildman–Crippen MR) is 74.4 cm³/mol. The van der Waals surface area contributed by atoms with Crippen molar-refractivity contribution < 1.29 is 4.74 Å². The molecule has 1 unspecified atom stereocenters. The third kappa shape index (κ3) is 2.26. The zero-order valence-corrected chi connectivity index (χ0v) is 12.0. The zero-order valence-electron chi connectivity index (χ0n) is 10.4. The molecule has 0 spiro atoms. The van der Waals surface area contributed by atoms with E-state index < -0.39 is 0 Å². The van der Waals surface area contributed by atoms with E-state index in [1.165, 1.54) is 24.1 Å². The van der Waals surface area contributed by atoms with Crippen LogP contribution in [0.5, 0.6) is 0 Å². The molecule has 0 N–H and O–H groups in total. The quantitative estimate of drug-likeness (QED) is 0.783. The summed E-state index contributed by atoms with van der Waals surface area (Å²) < 4.78 is 5.55. The second kappa shape index (κ2) is 5.53. The van der Waals surface area contributed by atoms with Gasteiger partial charge in [0.1, 0.15) is 12.1 Å². The van der Waals surface area contributed by atoms with E-state index in [2.05, 4.69) is 30.8 Å². The minimum absolute atomic E-state index is 0.389. The van der Waals surface area contributed by atoms with Gasteiger partial charge in [0, 0.05) is 23.1 Å². The van der Waals surface area contributed by atoms with Gasteiger partial charge in [-0.1, -0.05) is 15.9 Å². The fourth-order valence-corrected chi connectivity index (χ4v) is 3.35. The van der Waals surface area contributed by atoms with Crippen LogP contribution in [-0.4, -0.2) is 41.1 Å². The summed E-state index contributed by atoms with van der Waals surface area (Å²) in [5, 5.41) is 0.922. The summed E-state index contributed by atoms with van der Waals surface area (Å²) in [5.41, 5.74) is 2.63. The molecule has 1 aromatic heterocycles. The number of alkyl halides is 1. The summed E-state index contributed by atoms with van der Waals surface area (Å²) >= 11 is 3.58. The number of ether oxygens (including phenoxy) is 1. The molecule has 0 saturated carbocycles. The number of hydrogen-bond acceptors (Lipinski definition) is 4. The molecule has 3 rings (SSSR count). The maximum atomic E-state index is 5.55. The van der Waals surface area contributed by atoms with Gasteiger partial charge < -0.3 is 9.64 Å². The standard InChI is InChI=1S/C13H18BrN3O/c14-7-10-8-18-6-5-17(10)13-11-3-1-2-4-12(11)15-9-16-13/h9-10H,1-8H2. The Balaban J connectivity index is 1.95. The molecule has 0 amide bonds. The van der Waals surface area contributed by atoms with Gasteiger partial charge in [-0.05, 0) is 25.7 Å². The number of hydrogen-bond donors (Lipinski definition) is 0. The molecule has 0 bridgehead atoms. The Morgan fingerprint density at radius 2 is 2.22 bits per heavy atom. The van der Waals surface area contributed by atoms with Gasteiger partial charge in [0.2, 0.25) is 0 Å². The first-order valence-corrected chi connectivity index (χ1v) is 7.75. The fourth-order valence-electron chi connectivity index (χ4n) is 2.81. The normalized spacial score (nSPS) is 23.8. The first-order chi connectivity index (χ1) is 8.90. The first-order valence-electron chi connectivity index (χ1n) is 6.63. The smallest absolute Gasteiger partial charge is 0.135 e. The number of rotatable bonds is 2. The highest BCUT2D eigenvalue weighted by Gasteiger charge is 2.27. The van der Waals surface area contributed by atoms with E-state index in [1.807, 2.05) is 0 Å². The van der Waals surface area contributed by atoms with Gasteiger partial charge in [-0.3, -0.25) is 0 Å². The Labute approximate surface area is 116 Å². The monoisotopic (exact) mass is 311 g/mol. The van der Waals surface area contributed by atoms with Crippen molar-refractivity contribution in [2.45, 2.75) is 31.7 Å². The van der Waals surface area contributed by atoms with Crippen LogP contribution < -0.4 is 4.90 Å². The summed E-state index contributed by atoms with van der Waals surface area (Å²) in [4.78, 5) is 11.4. The lowest BCUT2D eigenvalue weighted by atomic mass is 9.96. The molecule has 0 radical (unpaired) electrons. The molecule has 98 valence electrons. The van der Waals surface area contributed by atoms with Gasteiger partial charge in [0.25, 0.3) is 0 Å². The van der Waals surface area contributed by atoms with Crippen LogP contribution in [0.3, 0.4) is 0 Å². The molecule has 1 fully saturated rings. The van der Waals surface area contributed by atoms with E-state index in [0.29, 0.717) is 6.04 Å². The minimum atomic E-state index is 0.389. The molecule has 4 nitrogen and oxygen atoms in total. The SMILES string of the molecule is BrCC1COCCN1c1ncnc2c1CCCC2. The van der Waals surface area contributed by atoms with Crippen LogP contribution in [0.1, 0.15) is 24.1 Å². The lowest BCUT2D eigenvalue weighted by molar-refractivity contribution is 0.0998. The number of aryl methyl sites for hydroxylation is 1. The molecule has 18 heavy (non-hydrogen) atoms. The van der Waals surface area contributed by atoms with Crippen molar-refractivity contribution in [3.8, 4) is 0 Å². The molecule has 2 heterocycles. The predicted octanol–water partition coefficient (Wildman–Crippen LogP) is 1.96. The van der Waals surface area contributed by atoms with Crippen LogP contribution in [0.25, 0.3) is 0 Å². The highest BCUT2D eigenvalue weighted by Crippen LogP contribution is 2.29. The van der Waals surface area contributed by atoms with Crippen LogP contribution in [-0.2, 0) is 17.6 Å². The number of morpholine rings is 1. The first kappa shape index (κ1) is 12.4. The lowest BCUT2D eigenvalue weighted by Crippen LogP contribution is -2.47. The number of halogens is 1. The van der Waals surface area contributed by atoms with Crippen molar-refractivity contribution in [3.05, 3.63) is 17.6 Å². The van der Waals surface area contributed by atoms with Crippen molar-refractivity contribution in [1.29, 1.82) is 0 Å². The highest BCUT2D eigenvalue weighted by atomic mass is 79.9. The zero-order chi connectivity index (χ0) is 12.4. The van der Waals surface area contributed by atoms with Gasteiger partial charge in [-0.15, -0.1) is 0 Å². The summed E-state index contributed by atoms with van der Waals surface area (Å²) in [5.74, 6) is 1.15. The van der Waals surface area contributed by atoms with Crippen molar-refractivity contribution in [3.63, 3.8) is 0 Å². The molecule has 1 saturated heterocycles. The Kier molecular flexibility index (Phi) is 3.80. The number of nitrogens with zero attached hydrogens (tertiary/aromatic N) is 3. The van der Waals surface area contributed by atoms with Crippen LogP contribution in [0.2, 0.25) is 0 Å². The van der Waals surface area contributed by atoms with Gasteiger partial charge in [0.05, 0.1) is 19.3 Å². The maximum absolute atomic E-state index is 5.55. The van der Waals surface area contributed by atoms with Crippen LogP contribution >= 0.6 is 15.9 Å². The number of aromatic nitrogens is 2. The van der Waals surface area contributed by atoms with Gasteiger partial charge in [-0.2, -0.15) is 0 Å². The number of anilines is 1. The third-order valence-corrected chi connectivity index (χ3v) is 4.53. The second-order valence-corrected chi connectivity index (χ2v) is 5.55. The molecule has 1 atom stereocenters. The van der Waals surface area contributed by atoms with E-state index >= 15 is 0 Å². The topological polar surface area (TPSA) is 38.2 Å². The summed E-state index contributed by atoms with van der Waals surface area (Å²) in [7, 11) is 0. The van der Waals surface area contributed by atoms with Crippen molar-refractivity contribution in [2.24, 2.45) is 0 Å². The van der Waals surface area contributed by atoms with E-state index in [1.54, 1.807) is 6.33 Å². The third-order valence-electron chi connectivity index (χ3n) is 3.78. The van der Waals surface area contributed by atoms with Crippen molar-refractivity contribution in [2.75, 3.05) is 30.0 Å². The Hall–Kier alpha value is -0.680. The van der Waals surface area contributed by atoms with Crippen molar-refractivity contribution in [1.82, 2.24) is 9.97 Å². The molecule has 0 aromatic carbocycles. The minimum Gasteiger partial charge on any atom is -0.377 e. The average Bonchev–Trinajstić information content (AvgIpc) is 2.46. The average molecular weight is 312 g/mol. The number of fused-ring (bicyclic) bond motifs is 1. The molecule has 1 aliphatic carbocycles. The van der Waals surface area contributed by atoms with Crippen LogP contribution in [0.4, 0.5) is 5.82 Å². The molecule has 1 aliphatic heterocycles. The molecule has 1 aromatic rings. The summed E-state index contributed by atoms with van der Waals surface area (Å²) in [6, 6.07) is 0.389. The summed E-state index contributed by atoms with van der Waals surface area (Å²) in [6.07, 6.45) is 6.47. The molecular weight excluding hydrogens is 294 g/mol. The largest absolute Gasteiger partial charge is 0.377 e. The fraction of sp³-hybridized carbons (Fsp3) is 0.692. The summed E-state index contributed by atoms with van der Waals surface area (Å²) in [6.45, 7) is 2.51. The highest BCUT2D eigenvalue weighted by molar-refractivity contribution is 9.09. The van der Waals surface area contributed by atoms with E-state index in [9.17, 15) is 0 Å². The van der Waals surface area contributed by atoms with Crippen molar-refractivity contribution >= 4 is 21.7 Å². The van der Waals surface area contributed by atoms with Crippen LogP contribution in [0, 0.1) is 0 Å². The maximum Gasteiger partial charge on any atom is 0.135 e. The second-order valence-electron chi connectivity index (χ2n) is 4.91. The Morgan fingerprint density at radius 1 is 1.33 bits per heavy atom. The van der Waals surface area contributed by atoms with Gasteiger partial charge in [0.15, 0.2) is 0 Å².